The van der Waals surface area contributed by atoms with Gasteiger partial charge in [0.1, 0.15) is 11.5 Å². The van der Waals surface area contributed by atoms with E-state index in [9.17, 15) is 0 Å². The number of hydrogen-bond acceptors (Lipinski definition) is 4. The van der Waals surface area contributed by atoms with Crippen molar-refractivity contribution in [2.45, 2.75) is 6.92 Å². The molecule has 0 amide bonds. The SMILES string of the molecule is CC1CN=C(Nc2cccc(Oc3ccccc3)c2)SC1. The third-order valence-corrected chi connectivity index (χ3v) is 4.36. The van der Waals surface area contributed by atoms with Crippen molar-refractivity contribution in [2.24, 2.45) is 10.9 Å². The molecule has 1 N–H and O–H groups in total. The first kappa shape index (κ1) is 14.0. The van der Waals surface area contributed by atoms with Gasteiger partial charge in [0.25, 0.3) is 0 Å². The molecule has 2 aromatic carbocycles. The first-order valence-electron chi connectivity index (χ1n) is 7.07. The summed E-state index contributed by atoms with van der Waals surface area (Å²) < 4.78 is 5.84. The van der Waals surface area contributed by atoms with E-state index < -0.39 is 0 Å². The van der Waals surface area contributed by atoms with Gasteiger partial charge in [-0.25, -0.2) is 0 Å². The maximum atomic E-state index is 5.84. The largest absolute Gasteiger partial charge is 0.457 e. The van der Waals surface area contributed by atoms with E-state index >= 15 is 0 Å². The van der Waals surface area contributed by atoms with Crippen LogP contribution in [-0.2, 0) is 0 Å². The molecule has 108 valence electrons. The predicted molar refractivity (Wildman–Crippen MR) is 90.5 cm³/mol. The van der Waals surface area contributed by atoms with Crippen LogP contribution in [0.1, 0.15) is 6.92 Å². The second kappa shape index (κ2) is 6.68. The molecule has 3 nitrogen and oxygen atoms in total. The molecule has 0 saturated carbocycles. The molecule has 1 aliphatic rings. The van der Waals surface area contributed by atoms with Crippen LogP contribution in [0.3, 0.4) is 0 Å². The third-order valence-electron chi connectivity index (χ3n) is 3.12. The Labute approximate surface area is 129 Å². The van der Waals surface area contributed by atoms with Crippen LogP contribution in [0.2, 0.25) is 0 Å². The van der Waals surface area contributed by atoms with E-state index in [0.717, 1.165) is 34.7 Å². The molecule has 1 atom stereocenters. The zero-order valence-corrected chi connectivity index (χ0v) is 12.8. The first-order chi connectivity index (χ1) is 10.3. The smallest absolute Gasteiger partial charge is 0.161 e. The summed E-state index contributed by atoms with van der Waals surface area (Å²) in [5.74, 6) is 3.44. The average molecular weight is 298 g/mol. The monoisotopic (exact) mass is 298 g/mol. The van der Waals surface area contributed by atoms with E-state index in [4.69, 9.17) is 4.74 Å². The Morgan fingerprint density at radius 1 is 1.10 bits per heavy atom. The number of thioether (sulfide) groups is 1. The van der Waals surface area contributed by atoms with Crippen molar-refractivity contribution in [1.29, 1.82) is 0 Å². The quantitative estimate of drug-likeness (QED) is 0.897. The Morgan fingerprint density at radius 3 is 2.67 bits per heavy atom. The van der Waals surface area contributed by atoms with Crippen LogP contribution < -0.4 is 10.1 Å². The van der Waals surface area contributed by atoms with Crippen molar-refractivity contribution in [3.8, 4) is 11.5 Å². The molecule has 0 bridgehead atoms. The molecule has 21 heavy (non-hydrogen) atoms. The fraction of sp³-hybridized carbons (Fsp3) is 0.235. The van der Waals surface area contributed by atoms with Crippen LogP contribution in [0.25, 0.3) is 0 Å². The molecule has 1 aliphatic heterocycles. The summed E-state index contributed by atoms with van der Waals surface area (Å²) in [5, 5.41) is 4.35. The molecule has 0 fully saturated rings. The number of amidine groups is 1. The zero-order valence-electron chi connectivity index (χ0n) is 12.0. The molecular formula is C17H18N2OS. The zero-order chi connectivity index (χ0) is 14.5. The standard InChI is InChI=1S/C17H18N2OS/c1-13-11-18-17(21-12-13)19-14-6-5-9-16(10-14)20-15-7-3-2-4-8-15/h2-10,13H,11-12H2,1H3,(H,18,19). The van der Waals surface area contributed by atoms with Crippen molar-refractivity contribution in [1.82, 2.24) is 0 Å². The van der Waals surface area contributed by atoms with Crippen LogP contribution in [-0.4, -0.2) is 17.5 Å². The van der Waals surface area contributed by atoms with Gasteiger partial charge in [0.15, 0.2) is 5.17 Å². The molecule has 0 radical (unpaired) electrons. The molecule has 0 saturated heterocycles. The van der Waals surface area contributed by atoms with Gasteiger partial charge in [0.2, 0.25) is 0 Å². The Morgan fingerprint density at radius 2 is 1.90 bits per heavy atom. The lowest BCUT2D eigenvalue weighted by molar-refractivity contribution is 0.483. The van der Waals surface area contributed by atoms with Gasteiger partial charge in [-0.2, -0.15) is 0 Å². The van der Waals surface area contributed by atoms with Crippen LogP contribution in [0.15, 0.2) is 59.6 Å². The summed E-state index contributed by atoms with van der Waals surface area (Å²) in [6, 6.07) is 17.8. The highest BCUT2D eigenvalue weighted by molar-refractivity contribution is 8.14. The third kappa shape index (κ3) is 4.02. The number of nitrogens with one attached hydrogen (secondary N) is 1. The van der Waals surface area contributed by atoms with Crippen LogP contribution in [0.5, 0.6) is 11.5 Å². The average Bonchev–Trinajstić information content (AvgIpc) is 2.51. The summed E-state index contributed by atoms with van der Waals surface area (Å²) in [6.07, 6.45) is 0. The van der Waals surface area contributed by atoms with Crippen molar-refractivity contribution in [3.63, 3.8) is 0 Å². The molecule has 2 aromatic rings. The Bertz CT molecular complexity index is 628. The van der Waals surface area contributed by atoms with E-state index in [1.54, 1.807) is 11.8 Å². The topological polar surface area (TPSA) is 33.6 Å². The Kier molecular flexibility index (Phi) is 4.46. The highest BCUT2D eigenvalue weighted by Crippen LogP contribution is 2.25. The first-order valence-corrected chi connectivity index (χ1v) is 8.05. The number of anilines is 1. The Balaban J connectivity index is 1.69. The van der Waals surface area contributed by atoms with Crippen LogP contribution in [0.4, 0.5) is 5.69 Å². The molecule has 1 heterocycles. The van der Waals surface area contributed by atoms with Gasteiger partial charge >= 0.3 is 0 Å². The van der Waals surface area contributed by atoms with Gasteiger partial charge in [-0.1, -0.05) is 43.0 Å². The lowest BCUT2D eigenvalue weighted by atomic mass is 10.2. The Hall–Kier alpha value is -1.94. The normalized spacial score (nSPS) is 18.0. The summed E-state index contributed by atoms with van der Waals surface area (Å²) in [7, 11) is 0. The molecule has 0 aliphatic carbocycles. The summed E-state index contributed by atoms with van der Waals surface area (Å²) in [4.78, 5) is 4.55. The molecular weight excluding hydrogens is 280 g/mol. The van der Waals surface area contributed by atoms with Gasteiger partial charge in [-0.15, -0.1) is 0 Å². The summed E-state index contributed by atoms with van der Waals surface area (Å²) in [6.45, 7) is 3.12. The van der Waals surface area contributed by atoms with Gasteiger partial charge in [0, 0.05) is 24.1 Å². The maximum Gasteiger partial charge on any atom is 0.161 e. The lowest BCUT2D eigenvalue weighted by Crippen LogP contribution is -2.18. The van der Waals surface area contributed by atoms with E-state index in [1.807, 2.05) is 54.6 Å². The number of nitrogens with zero attached hydrogens (tertiary/aromatic N) is 1. The van der Waals surface area contributed by atoms with Crippen molar-refractivity contribution in [2.75, 3.05) is 17.6 Å². The second-order valence-corrected chi connectivity index (χ2v) is 6.14. The fourth-order valence-electron chi connectivity index (χ4n) is 2.02. The van der Waals surface area contributed by atoms with E-state index in [-0.39, 0.29) is 0 Å². The van der Waals surface area contributed by atoms with E-state index in [1.165, 1.54) is 0 Å². The van der Waals surface area contributed by atoms with Crippen LogP contribution in [0, 0.1) is 5.92 Å². The molecule has 4 heteroatoms. The second-order valence-electron chi connectivity index (χ2n) is 5.13. The van der Waals surface area contributed by atoms with Gasteiger partial charge < -0.3 is 10.1 Å². The number of para-hydroxylation sites is 1. The van der Waals surface area contributed by atoms with Gasteiger partial charge in [-0.3, -0.25) is 4.99 Å². The van der Waals surface area contributed by atoms with Crippen molar-refractivity contribution < 1.29 is 4.74 Å². The van der Waals surface area contributed by atoms with E-state index in [0.29, 0.717) is 5.92 Å². The minimum absolute atomic E-state index is 0.660. The van der Waals surface area contributed by atoms with Crippen LogP contribution >= 0.6 is 11.8 Å². The number of aliphatic imine (C=N–C) groups is 1. The molecule has 0 spiro atoms. The highest BCUT2D eigenvalue weighted by Gasteiger charge is 2.12. The molecule has 3 rings (SSSR count). The number of ether oxygens (including phenoxy) is 1. The number of hydrogen-bond donors (Lipinski definition) is 1. The summed E-state index contributed by atoms with van der Waals surface area (Å²) in [5.41, 5.74) is 1.00. The lowest BCUT2D eigenvalue weighted by Gasteiger charge is -2.18. The van der Waals surface area contributed by atoms with Gasteiger partial charge in [-0.05, 0) is 30.2 Å². The van der Waals surface area contributed by atoms with E-state index in [2.05, 4.69) is 17.2 Å². The molecule has 1 unspecified atom stereocenters. The highest BCUT2D eigenvalue weighted by atomic mass is 32.2. The van der Waals surface area contributed by atoms with Crippen molar-refractivity contribution in [3.05, 3.63) is 54.6 Å². The minimum Gasteiger partial charge on any atom is -0.457 e. The number of benzene rings is 2. The van der Waals surface area contributed by atoms with Crippen molar-refractivity contribution >= 4 is 22.6 Å². The van der Waals surface area contributed by atoms with Gasteiger partial charge in [0.05, 0.1) is 0 Å². The summed E-state index contributed by atoms with van der Waals surface area (Å²) >= 11 is 1.77. The predicted octanol–water partition coefficient (Wildman–Crippen LogP) is 4.63. The fourth-order valence-corrected chi connectivity index (χ4v) is 2.92. The maximum absolute atomic E-state index is 5.84. The molecule has 0 aromatic heterocycles. The minimum atomic E-state index is 0.660. The number of rotatable bonds is 3.